The summed E-state index contributed by atoms with van der Waals surface area (Å²) in [6.07, 6.45) is 0. The number of para-hydroxylation sites is 1. The van der Waals surface area contributed by atoms with E-state index >= 15 is 0 Å². The van der Waals surface area contributed by atoms with Crippen LogP contribution in [0.1, 0.15) is 29.7 Å². The van der Waals surface area contributed by atoms with Gasteiger partial charge in [-0.2, -0.15) is 0 Å². The van der Waals surface area contributed by atoms with Gasteiger partial charge in [-0.25, -0.2) is 4.99 Å². The van der Waals surface area contributed by atoms with Crippen LogP contribution in [0.3, 0.4) is 0 Å². The summed E-state index contributed by atoms with van der Waals surface area (Å²) in [7, 11) is 0. The number of rotatable bonds is 3. The molecular formula is C29H22N4O3S. The Morgan fingerprint density at radius 3 is 2.41 bits per heavy atom. The van der Waals surface area contributed by atoms with Crippen molar-refractivity contribution in [3.05, 3.63) is 127 Å². The number of hydrogen-bond donors (Lipinski definition) is 2. The minimum Gasteiger partial charge on any atom is -0.322 e. The quantitative estimate of drug-likeness (QED) is 0.446. The average molecular weight is 507 g/mol. The highest BCUT2D eigenvalue weighted by atomic mass is 32.1. The molecule has 37 heavy (non-hydrogen) atoms. The molecule has 3 heterocycles. The Kier molecular flexibility index (Phi) is 5.46. The Labute approximate surface area is 216 Å². The molecule has 0 saturated carbocycles. The number of anilines is 2. The largest absolute Gasteiger partial charge is 0.322 e. The highest BCUT2D eigenvalue weighted by Gasteiger charge is 2.34. The van der Waals surface area contributed by atoms with E-state index in [1.807, 2.05) is 73.7 Å². The van der Waals surface area contributed by atoms with Crippen molar-refractivity contribution in [1.29, 1.82) is 0 Å². The summed E-state index contributed by atoms with van der Waals surface area (Å²) in [4.78, 5) is 45.7. The van der Waals surface area contributed by atoms with Crippen LogP contribution in [0.15, 0.2) is 99.9 Å². The van der Waals surface area contributed by atoms with Gasteiger partial charge in [-0.3, -0.25) is 19.0 Å². The predicted molar refractivity (Wildman–Crippen MR) is 144 cm³/mol. The molecule has 0 saturated heterocycles. The van der Waals surface area contributed by atoms with Crippen LogP contribution < -0.4 is 25.5 Å². The van der Waals surface area contributed by atoms with Gasteiger partial charge in [0.15, 0.2) is 4.80 Å². The van der Waals surface area contributed by atoms with Crippen LogP contribution in [-0.4, -0.2) is 16.4 Å². The maximum Gasteiger partial charge on any atom is 0.271 e. The molecule has 0 bridgehead atoms. The van der Waals surface area contributed by atoms with Gasteiger partial charge in [0.05, 0.1) is 22.9 Å². The van der Waals surface area contributed by atoms with E-state index < -0.39 is 6.04 Å². The molecule has 6 rings (SSSR count). The fourth-order valence-corrected chi connectivity index (χ4v) is 5.98. The molecule has 3 aromatic carbocycles. The van der Waals surface area contributed by atoms with Gasteiger partial charge in [0.25, 0.3) is 17.4 Å². The molecule has 0 spiro atoms. The van der Waals surface area contributed by atoms with Crippen LogP contribution in [-0.2, 0) is 9.59 Å². The van der Waals surface area contributed by atoms with Gasteiger partial charge < -0.3 is 10.6 Å². The molecule has 2 aliphatic rings. The molecule has 2 amide bonds. The number of hydrogen-bond acceptors (Lipinski definition) is 5. The Hall–Kier alpha value is -4.56. The Morgan fingerprint density at radius 2 is 1.68 bits per heavy atom. The maximum absolute atomic E-state index is 14.0. The fraction of sp³-hybridized carbons (Fsp3) is 0.103. The number of fused-ring (bicyclic) bond motifs is 2. The molecule has 0 radical (unpaired) electrons. The molecule has 1 aromatic heterocycles. The standard InChI is InChI=1S/C29H22N4O3S/c1-16-13-14-21-20(15-16)23(27(35)32-21)25-28(36)33-24(18-9-5-3-6-10-18)22(17(2)30-29(33)37-25)26(34)31-19-11-7-4-8-12-19/h3-15,24H,1-2H3,(H,31,34)(H,32,35)/b25-23-/t24-/m1/s1. The van der Waals surface area contributed by atoms with E-state index in [1.54, 1.807) is 19.1 Å². The molecule has 2 aliphatic heterocycles. The Bertz CT molecular complexity index is 1800. The Balaban J connectivity index is 1.58. The first-order valence-electron chi connectivity index (χ1n) is 11.8. The summed E-state index contributed by atoms with van der Waals surface area (Å²) in [6.45, 7) is 3.72. The van der Waals surface area contributed by atoms with E-state index in [1.165, 1.54) is 15.9 Å². The number of amides is 2. The van der Waals surface area contributed by atoms with Crippen molar-refractivity contribution < 1.29 is 9.59 Å². The number of aryl methyl sites for hydroxylation is 1. The predicted octanol–water partition coefficient (Wildman–Crippen LogP) is 3.50. The summed E-state index contributed by atoms with van der Waals surface area (Å²) in [5.41, 5.74) is 4.67. The summed E-state index contributed by atoms with van der Waals surface area (Å²) < 4.78 is 1.84. The molecule has 0 unspecified atom stereocenters. The van der Waals surface area contributed by atoms with Crippen molar-refractivity contribution >= 4 is 40.1 Å². The highest BCUT2D eigenvalue weighted by Crippen LogP contribution is 2.32. The zero-order valence-electron chi connectivity index (χ0n) is 20.1. The number of nitrogens with zero attached hydrogens (tertiary/aromatic N) is 2. The third kappa shape index (κ3) is 3.82. The first kappa shape index (κ1) is 22.9. The lowest BCUT2D eigenvalue weighted by molar-refractivity contribution is -0.113. The van der Waals surface area contributed by atoms with Gasteiger partial charge in [0, 0.05) is 16.9 Å². The third-order valence-electron chi connectivity index (χ3n) is 6.54. The van der Waals surface area contributed by atoms with Gasteiger partial charge in [-0.1, -0.05) is 71.5 Å². The first-order valence-corrected chi connectivity index (χ1v) is 12.6. The van der Waals surface area contributed by atoms with Crippen LogP contribution in [0.4, 0.5) is 11.4 Å². The number of carbonyl (C=O) groups is 2. The fourth-order valence-electron chi connectivity index (χ4n) is 4.84. The van der Waals surface area contributed by atoms with E-state index in [2.05, 4.69) is 15.6 Å². The Morgan fingerprint density at radius 1 is 0.973 bits per heavy atom. The normalized spacial score (nSPS) is 17.6. The first-order chi connectivity index (χ1) is 17.9. The molecule has 0 aliphatic carbocycles. The summed E-state index contributed by atoms with van der Waals surface area (Å²) >= 11 is 1.17. The van der Waals surface area contributed by atoms with Crippen molar-refractivity contribution in [3.63, 3.8) is 0 Å². The lowest BCUT2D eigenvalue weighted by Gasteiger charge is -2.25. The van der Waals surface area contributed by atoms with Crippen LogP contribution in [0, 0.1) is 6.92 Å². The van der Waals surface area contributed by atoms with Crippen molar-refractivity contribution in [3.8, 4) is 0 Å². The topological polar surface area (TPSA) is 92.6 Å². The van der Waals surface area contributed by atoms with Crippen LogP contribution in [0.5, 0.6) is 0 Å². The van der Waals surface area contributed by atoms with Crippen molar-refractivity contribution in [2.75, 3.05) is 10.6 Å². The lowest BCUT2D eigenvalue weighted by atomic mass is 9.95. The second kappa shape index (κ2) is 8.83. The minimum atomic E-state index is -0.697. The van der Waals surface area contributed by atoms with E-state index in [4.69, 9.17) is 0 Å². The zero-order chi connectivity index (χ0) is 25.7. The van der Waals surface area contributed by atoms with E-state index in [0.29, 0.717) is 43.1 Å². The molecule has 1 atom stereocenters. The van der Waals surface area contributed by atoms with Gasteiger partial charge in [-0.15, -0.1) is 0 Å². The van der Waals surface area contributed by atoms with Gasteiger partial charge in [0.2, 0.25) is 0 Å². The van der Waals surface area contributed by atoms with E-state index in [9.17, 15) is 14.4 Å². The van der Waals surface area contributed by atoms with Gasteiger partial charge >= 0.3 is 0 Å². The maximum atomic E-state index is 14.0. The average Bonchev–Trinajstić information content (AvgIpc) is 3.38. The number of aromatic nitrogens is 1. The SMILES string of the molecule is CC1=C(C(=O)Nc2ccccc2)[C@@H](c2ccccc2)n2c(s/c(=C3\C(=O)Nc4ccc(C)cc43)c2=O)=N1. The van der Waals surface area contributed by atoms with Crippen molar-refractivity contribution in [2.24, 2.45) is 4.99 Å². The molecule has 182 valence electrons. The van der Waals surface area contributed by atoms with E-state index in [0.717, 1.165) is 11.1 Å². The molecule has 8 heteroatoms. The number of benzene rings is 3. The van der Waals surface area contributed by atoms with Crippen molar-refractivity contribution in [1.82, 2.24) is 4.57 Å². The second-order valence-corrected chi connectivity index (χ2v) is 9.99. The number of carbonyl (C=O) groups excluding carboxylic acids is 2. The third-order valence-corrected chi connectivity index (χ3v) is 7.59. The number of nitrogens with one attached hydrogen (secondary N) is 2. The minimum absolute atomic E-state index is 0.305. The van der Waals surface area contributed by atoms with Crippen LogP contribution in [0.25, 0.3) is 5.57 Å². The molecular weight excluding hydrogens is 484 g/mol. The summed E-state index contributed by atoms with van der Waals surface area (Å²) in [5.74, 6) is -0.654. The molecule has 7 nitrogen and oxygen atoms in total. The van der Waals surface area contributed by atoms with Gasteiger partial charge in [-0.05, 0) is 43.7 Å². The van der Waals surface area contributed by atoms with Crippen LogP contribution >= 0.6 is 11.3 Å². The summed E-state index contributed by atoms with van der Waals surface area (Å²) in [5, 5.41) is 5.81. The number of allylic oxidation sites excluding steroid dienone is 1. The smallest absolute Gasteiger partial charge is 0.271 e. The number of thiazole rings is 1. The molecule has 2 N–H and O–H groups in total. The van der Waals surface area contributed by atoms with Gasteiger partial charge in [0.1, 0.15) is 4.53 Å². The second-order valence-electron chi connectivity index (χ2n) is 9.01. The highest BCUT2D eigenvalue weighted by molar-refractivity contribution is 7.07. The zero-order valence-corrected chi connectivity index (χ0v) is 20.9. The monoisotopic (exact) mass is 506 g/mol. The molecule has 4 aromatic rings. The lowest BCUT2D eigenvalue weighted by Crippen LogP contribution is -2.41. The van der Waals surface area contributed by atoms with E-state index in [-0.39, 0.29) is 17.4 Å². The molecule has 0 fully saturated rings. The van der Waals surface area contributed by atoms with Crippen molar-refractivity contribution in [2.45, 2.75) is 19.9 Å². The summed E-state index contributed by atoms with van der Waals surface area (Å²) in [6, 6.07) is 23.5. The van der Waals surface area contributed by atoms with Crippen LogP contribution in [0.2, 0.25) is 0 Å².